The van der Waals surface area contributed by atoms with Gasteiger partial charge in [0.2, 0.25) is 5.16 Å². The third kappa shape index (κ3) is 3.42. The fourth-order valence-corrected chi connectivity index (χ4v) is 2.34. The summed E-state index contributed by atoms with van der Waals surface area (Å²) in [6, 6.07) is 4.71. The molecule has 1 aromatic heterocycles. The molecule has 0 saturated heterocycles. The molecule has 0 fully saturated rings. The summed E-state index contributed by atoms with van der Waals surface area (Å²) in [5.41, 5.74) is 0.546. The average molecular weight is 284 g/mol. The lowest BCUT2D eigenvalue weighted by atomic mass is 10.2. The molecule has 8 heteroatoms. The van der Waals surface area contributed by atoms with Crippen LogP contribution in [-0.2, 0) is 12.3 Å². The number of hydrogen-bond acceptors (Lipinski definition) is 6. The van der Waals surface area contributed by atoms with E-state index in [1.165, 1.54) is 29.6 Å². The third-order valence-corrected chi connectivity index (χ3v) is 3.43. The molecule has 2 aromatic rings. The van der Waals surface area contributed by atoms with Gasteiger partial charge < -0.3 is 9.84 Å². The van der Waals surface area contributed by atoms with Gasteiger partial charge in [-0.3, -0.25) is 0 Å². The van der Waals surface area contributed by atoms with Gasteiger partial charge in [0.1, 0.15) is 11.6 Å². The number of nitrogens with zero attached hydrogens (tertiary/aromatic N) is 4. The van der Waals surface area contributed by atoms with Crippen LogP contribution in [0.15, 0.2) is 23.4 Å². The Labute approximate surface area is 113 Å². The van der Waals surface area contributed by atoms with Crippen LogP contribution in [0.5, 0.6) is 5.75 Å². The first-order chi connectivity index (χ1) is 9.24. The van der Waals surface area contributed by atoms with E-state index >= 15 is 0 Å². The molecule has 6 nitrogen and oxygen atoms in total. The molecule has 2 rings (SSSR count). The van der Waals surface area contributed by atoms with Gasteiger partial charge in [-0.25, -0.2) is 9.07 Å². The van der Waals surface area contributed by atoms with Crippen molar-refractivity contribution in [2.75, 3.05) is 13.7 Å². The zero-order valence-electron chi connectivity index (χ0n) is 10.3. The van der Waals surface area contributed by atoms with E-state index in [2.05, 4.69) is 15.5 Å². The fourth-order valence-electron chi connectivity index (χ4n) is 1.45. The second-order valence-corrected chi connectivity index (χ2v) is 4.60. The Hall–Kier alpha value is -1.67. The predicted molar refractivity (Wildman–Crippen MR) is 67.4 cm³/mol. The summed E-state index contributed by atoms with van der Waals surface area (Å²) < 4.78 is 20.1. The highest BCUT2D eigenvalue weighted by Gasteiger charge is 2.09. The molecule has 1 heterocycles. The maximum absolute atomic E-state index is 13.7. The Bertz CT molecular complexity index is 549. The Morgan fingerprint density at radius 1 is 1.47 bits per heavy atom. The molecule has 0 aliphatic carbocycles. The summed E-state index contributed by atoms with van der Waals surface area (Å²) in [6.45, 7) is 0.274. The van der Waals surface area contributed by atoms with Gasteiger partial charge in [-0.05, 0) is 22.1 Å². The second-order valence-electron chi connectivity index (χ2n) is 3.65. The van der Waals surface area contributed by atoms with Gasteiger partial charge in [0.15, 0.2) is 0 Å². The molecule has 0 amide bonds. The average Bonchev–Trinajstić information content (AvgIpc) is 2.85. The number of thioether (sulfide) groups is 1. The van der Waals surface area contributed by atoms with Gasteiger partial charge in [0.25, 0.3) is 0 Å². The number of tetrazole rings is 1. The minimum atomic E-state index is -0.326. The van der Waals surface area contributed by atoms with Crippen molar-refractivity contribution < 1.29 is 14.2 Å². The highest BCUT2D eigenvalue weighted by Crippen LogP contribution is 2.24. The minimum absolute atomic E-state index is 0.0461. The van der Waals surface area contributed by atoms with E-state index in [1.807, 2.05) is 0 Å². The zero-order chi connectivity index (χ0) is 13.7. The second kappa shape index (κ2) is 6.48. The highest BCUT2D eigenvalue weighted by molar-refractivity contribution is 7.98. The molecule has 0 saturated carbocycles. The van der Waals surface area contributed by atoms with E-state index in [-0.39, 0.29) is 12.4 Å². The maximum atomic E-state index is 13.7. The van der Waals surface area contributed by atoms with Crippen molar-refractivity contribution in [3.05, 3.63) is 29.6 Å². The van der Waals surface area contributed by atoms with Crippen LogP contribution in [0.3, 0.4) is 0 Å². The first kappa shape index (κ1) is 13.8. The first-order valence-electron chi connectivity index (χ1n) is 5.57. The molecule has 0 unspecified atom stereocenters. The van der Waals surface area contributed by atoms with Gasteiger partial charge in [0, 0.05) is 11.8 Å². The molecule has 0 radical (unpaired) electrons. The van der Waals surface area contributed by atoms with Crippen molar-refractivity contribution in [1.29, 1.82) is 0 Å². The predicted octanol–water partition coefficient (Wildman–Crippen LogP) is 1.11. The van der Waals surface area contributed by atoms with E-state index in [0.717, 1.165) is 0 Å². The van der Waals surface area contributed by atoms with E-state index in [1.54, 1.807) is 12.1 Å². The third-order valence-electron chi connectivity index (χ3n) is 2.43. The lowest BCUT2D eigenvalue weighted by molar-refractivity contribution is 0.262. The Morgan fingerprint density at radius 2 is 2.32 bits per heavy atom. The van der Waals surface area contributed by atoms with Gasteiger partial charge in [-0.1, -0.05) is 17.8 Å². The largest absolute Gasteiger partial charge is 0.497 e. The van der Waals surface area contributed by atoms with E-state index in [4.69, 9.17) is 9.84 Å². The number of rotatable bonds is 6. The topological polar surface area (TPSA) is 73.1 Å². The zero-order valence-corrected chi connectivity index (χ0v) is 11.1. The summed E-state index contributed by atoms with van der Waals surface area (Å²) in [7, 11) is 1.49. The molecule has 0 spiro atoms. The number of halogens is 1. The summed E-state index contributed by atoms with van der Waals surface area (Å²) in [5.74, 6) is 0.561. The van der Waals surface area contributed by atoms with Gasteiger partial charge in [-0.2, -0.15) is 0 Å². The smallest absolute Gasteiger partial charge is 0.209 e. The molecule has 19 heavy (non-hydrogen) atoms. The fraction of sp³-hybridized carbons (Fsp3) is 0.364. The highest BCUT2D eigenvalue weighted by atomic mass is 32.2. The van der Waals surface area contributed by atoms with Crippen LogP contribution in [0.4, 0.5) is 4.39 Å². The van der Waals surface area contributed by atoms with Crippen LogP contribution in [0.25, 0.3) is 0 Å². The molecule has 0 aliphatic rings. The van der Waals surface area contributed by atoms with Crippen LogP contribution >= 0.6 is 11.8 Å². The van der Waals surface area contributed by atoms with E-state index in [9.17, 15) is 4.39 Å². The van der Waals surface area contributed by atoms with Crippen LogP contribution in [0, 0.1) is 5.82 Å². The SMILES string of the molecule is COc1ccc(CSc2nnnn2CCO)c(F)c1. The van der Waals surface area contributed by atoms with Crippen molar-refractivity contribution in [1.82, 2.24) is 20.2 Å². The number of aliphatic hydroxyl groups excluding tert-OH is 1. The lowest BCUT2D eigenvalue weighted by Gasteiger charge is -2.05. The van der Waals surface area contributed by atoms with Crippen molar-refractivity contribution >= 4 is 11.8 Å². The van der Waals surface area contributed by atoms with Crippen LogP contribution < -0.4 is 4.74 Å². The van der Waals surface area contributed by atoms with Crippen molar-refractivity contribution in [2.24, 2.45) is 0 Å². The van der Waals surface area contributed by atoms with Crippen LogP contribution in [0.1, 0.15) is 5.56 Å². The quantitative estimate of drug-likeness (QED) is 0.801. The van der Waals surface area contributed by atoms with E-state index in [0.29, 0.717) is 28.8 Å². The molecule has 1 aromatic carbocycles. The van der Waals surface area contributed by atoms with E-state index < -0.39 is 0 Å². The van der Waals surface area contributed by atoms with Crippen molar-refractivity contribution in [3.8, 4) is 5.75 Å². The molecular weight excluding hydrogens is 271 g/mol. The van der Waals surface area contributed by atoms with Gasteiger partial charge in [0.05, 0.1) is 20.3 Å². The summed E-state index contributed by atoms with van der Waals surface area (Å²) in [4.78, 5) is 0. The minimum Gasteiger partial charge on any atom is -0.497 e. The number of hydrogen-bond donors (Lipinski definition) is 1. The maximum Gasteiger partial charge on any atom is 0.209 e. The molecule has 1 N–H and O–H groups in total. The van der Waals surface area contributed by atoms with Crippen molar-refractivity contribution in [3.63, 3.8) is 0 Å². The van der Waals surface area contributed by atoms with Crippen LogP contribution in [-0.4, -0.2) is 39.0 Å². The number of benzene rings is 1. The molecule has 0 aliphatic heterocycles. The lowest BCUT2D eigenvalue weighted by Crippen LogP contribution is -2.05. The first-order valence-corrected chi connectivity index (χ1v) is 6.55. The molecule has 0 bridgehead atoms. The number of ether oxygens (including phenoxy) is 1. The number of aliphatic hydroxyl groups is 1. The molecule has 102 valence electrons. The van der Waals surface area contributed by atoms with Crippen molar-refractivity contribution in [2.45, 2.75) is 17.5 Å². The summed E-state index contributed by atoms with van der Waals surface area (Å²) in [5, 5.41) is 20.5. The van der Waals surface area contributed by atoms with Gasteiger partial charge >= 0.3 is 0 Å². The summed E-state index contributed by atoms with van der Waals surface area (Å²) in [6.07, 6.45) is 0. The summed E-state index contributed by atoms with van der Waals surface area (Å²) >= 11 is 1.31. The number of methoxy groups -OCH3 is 1. The molecular formula is C11H13FN4O2S. The Balaban J connectivity index is 2.04. The number of aromatic nitrogens is 4. The monoisotopic (exact) mass is 284 g/mol. The normalized spacial score (nSPS) is 10.7. The van der Waals surface area contributed by atoms with Crippen LogP contribution in [0.2, 0.25) is 0 Å². The Kier molecular flexibility index (Phi) is 4.69. The molecule has 0 atom stereocenters. The van der Waals surface area contributed by atoms with Gasteiger partial charge in [-0.15, -0.1) is 5.10 Å². The Morgan fingerprint density at radius 3 is 3.00 bits per heavy atom. The standard InChI is InChI=1S/C11H13FN4O2S/c1-18-9-3-2-8(10(12)6-9)7-19-11-13-14-15-16(11)4-5-17/h2-3,6,17H,4-5,7H2,1H3.